The van der Waals surface area contributed by atoms with Crippen LogP contribution in [-0.2, 0) is 4.79 Å². The second-order valence-corrected chi connectivity index (χ2v) is 20.6. The van der Waals surface area contributed by atoms with E-state index in [0.29, 0.717) is 12.8 Å². The van der Waals surface area contributed by atoms with E-state index in [4.69, 9.17) is 0 Å². The second-order valence-electron chi connectivity index (χ2n) is 20.6. The van der Waals surface area contributed by atoms with Crippen LogP contribution < -0.4 is 5.32 Å². The molecule has 1 amide bonds. The number of amides is 1. The first-order valence-corrected chi connectivity index (χ1v) is 29.3. The van der Waals surface area contributed by atoms with E-state index in [9.17, 15) is 20.1 Å². The van der Waals surface area contributed by atoms with Gasteiger partial charge in [-0.15, -0.1) is 0 Å². The quantitative estimate of drug-likeness (QED) is 0.0458. The fourth-order valence-corrected chi connectivity index (χ4v) is 9.70. The highest BCUT2D eigenvalue weighted by atomic mass is 16.3. The number of carbonyl (C=O) groups is 1. The number of hydrogen-bond acceptors (Lipinski definition) is 4. The van der Waals surface area contributed by atoms with Crippen LogP contribution in [0.4, 0.5) is 0 Å². The standard InChI is InChI=1S/C58H117NO4/c1-3-5-7-9-11-13-15-17-19-21-23-24-25-26-27-28-29-30-31-32-33-34-35-37-39-41-43-45-47-49-51-55(61)53-58(63)59-56(54-60)57(62)52-50-48-46-44-42-40-38-36-22-20-18-16-14-12-10-8-6-4-2/h55-57,60-62H,3-54H2,1-2H3,(H,59,63). The van der Waals surface area contributed by atoms with Crippen molar-refractivity contribution in [2.75, 3.05) is 6.61 Å². The minimum absolute atomic E-state index is 0.0436. The summed E-state index contributed by atoms with van der Waals surface area (Å²) in [6, 6.07) is -0.654. The van der Waals surface area contributed by atoms with Crippen LogP contribution in [0.15, 0.2) is 0 Å². The molecule has 0 aliphatic carbocycles. The fourth-order valence-electron chi connectivity index (χ4n) is 9.70. The van der Waals surface area contributed by atoms with Gasteiger partial charge in [-0.3, -0.25) is 4.79 Å². The van der Waals surface area contributed by atoms with Gasteiger partial charge in [0, 0.05) is 0 Å². The third kappa shape index (κ3) is 50.6. The van der Waals surface area contributed by atoms with Crippen molar-refractivity contribution < 1.29 is 20.1 Å². The van der Waals surface area contributed by atoms with Crippen molar-refractivity contribution in [3.8, 4) is 0 Å². The van der Waals surface area contributed by atoms with E-state index >= 15 is 0 Å². The normalized spacial score (nSPS) is 13.2. The molecule has 0 aromatic rings. The Balaban J connectivity index is 3.45. The monoisotopic (exact) mass is 892 g/mol. The Labute approximate surface area is 396 Å². The highest BCUT2D eigenvalue weighted by Crippen LogP contribution is 2.19. The van der Waals surface area contributed by atoms with Gasteiger partial charge in [-0.25, -0.2) is 0 Å². The largest absolute Gasteiger partial charge is 0.394 e. The lowest BCUT2D eigenvalue weighted by molar-refractivity contribution is -0.125. The predicted octanol–water partition coefficient (Wildman–Crippen LogP) is 18.1. The molecule has 0 saturated heterocycles. The van der Waals surface area contributed by atoms with Crippen molar-refractivity contribution in [2.45, 2.75) is 360 Å². The molecule has 0 aliphatic rings. The van der Waals surface area contributed by atoms with Crippen molar-refractivity contribution in [3.05, 3.63) is 0 Å². The molecule has 0 bridgehead atoms. The summed E-state index contributed by atoms with van der Waals surface area (Å²) in [5.74, 6) is -0.274. The molecule has 0 spiro atoms. The minimum Gasteiger partial charge on any atom is -0.394 e. The summed E-state index contributed by atoms with van der Waals surface area (Å²) in [5, 5.41) is 33.6. The Morgan fingerprint density at radius 1 is 0.333 bits per heavy atom. The highest BCUT2D eigenvalue weighted by molar-refractivity contribution is 5.76. The van der Waals surface area contributed by atoms with Crippen molar-refractivity contribution in [1.82, 2.24) is 5.32 Å². The predicted molar refractivity (Wildman–Crippen MR) is 278 cm³/mol. The number of carbonyl (C=O) groups excluding carboxylic acids is 1. The molecule has 5 nitrogen and oxygen atoms in total. The van der Waals surface area contributed by atoms with Gasteiger partial charge in [-0.2, -0.15) is 0 Å². The summed E-state index contributed by atoms with van der Waals surface area (Å²) in [6.45, 7) is 4.31. The lowest BCUT2D eigenvalue weighted by atomic mass is 10.0. The zero-order valence-electron chi connectivity index (χ0n) is 43.3. The average Bonchev–Trinajstić information content (AvgIpc) is 3.28. The molecule has 0 aromatic carbocycles. The van der Waals surface area contributed by atoms with E-state index in [1.165, 1.54) is 283 Å². The zero-order chi connectivity index (χ0) is 45.8. The van der Waals surface area contributed by atoms with Crippen LogP contribution in [0.25, 0.3) is 0 Å². The van der Waals surface area contributed by atoms with Crippen LogP contribution >= 0.6 is 0 Å². The maximum Gasteiger partial charge on any atom is 0.222 e. The molecule has 63 heavy (non-hydrogen) atoms. The molecule has 0 aliphatic heterocycles. The summed E-state index contributed by atoms with van der Waals surface area (Å²) < 4.78 is 0. The van der Waals surface area contributed by atoms with Crippen molar-refractivity contribution in [1.29, 1.82) is 0 Å². The van der Waals surface area contributed by atoms with Gasteiger partial charge in [-0.05, 0) is 12.8 Å². The van der Waals surface area contributed by atoms with Crippen molar-refractivity contribution in [3.63, 3.8) is 0 Å². The first-order valence-electron chi connectivity index (χ1n) is 29.3. The van der Waals surface area contributed by atoms with Crippen LogP contribution in [-0.4, -0.2) is 46.1 Å². The fraction of sp³-hybridized carbons (Fsp3) is 0.983. The number of unbranched alkanes of at least 4 members (excludes halogenated alkanes) is 46. The summed E-state index contributed by atoms with van der Waals surface area (Å²) in [6.07, 6.45) is 65.6. The Bertz CT molecular complexity index is 853. The zero-order valence-corrected chi connectivity index (χ0v) is 43.3. The molecule has 0 rings (SSSR count). The first-order chi connectivity index (χ1) is 31.0. The van der Waals surface area contributed by atoms with Crippen LogP contribution in [0.3, 0.4) is 0 Å². The number of hydrogen-bond donors (Lipinski definition) is 4. The molecule has 3 unspecified atom stereocenters. The summed E-state index contributed by atoms with van der Waals surface area (Å²) in [5.41, 5.74) is 0. The molecule has 0 fully saturated rings. The lowest BCUT2D eigenvalue weighted by Crippen LogP contribution is -2.46. The molecular weight excluding hydrogens is 775 g/mol. The van der Waals surface area contributed by atoms with Crippen LogP contribution in [0.1, 0.15) is 341 Å². The van der Waals surface area contributed by atoms with Crippen LogP contribution in [0.5, 0.6) is 0 Å². The Morgan fingerprint density at radius 3 is 0.762 bits per heavy atom. The first kappa shape index (κ1) is 62.4. The number of aliphatic hydroxyl groups excluding tert-OH is 3. The number of rotatable bonds is 55. The van der Waals surface area contributed by atoms with Gasteiger partial charge in [0.05, 0.1) is 31.3 Å². The minimum atomic E-state index is -0.745. The third-order valence-electron chi connectivity index (χ3n) is 14.2. The number of nitrogens with one attached hydrogen (secondary N) is 1. The Hall–Kier alpha value is -0.650. The van der Waals surface area contributed by atoms with Gasteiger partial charge < -0.3 is 20.6 Å². The van der Waals surface area contributed by atoms with Crippen LogP contribution in [0, 0.1) is 0 Å². The van der Waals surface area contributed by atoms with E-state index in [2.05, 4.69) is 19.2 Å². The van der Waals surface area contributed by atoms with E-state index < -0.39 is 18.2 Å². The smallest absolute Gasteiger partial charge is 0.222 e. The molecule has 0 aromatic heterocycles. The Morgan fingerprint density at radius 2 is 0.540 bits per heavy atom. The van der Waals surface area contributed by atoms with Crippen molar-refractivity contribution >= 4 is 5.91 Å². The second kappa shape index (κ2) is 54.0. The van der Waals surface area contributed by atoms with Crippen LogP contribution in [0.2, 0.25) is 0 Å². The molecule has 3 atom stereocenters. The Kier molecular flexibility index (Phi) is 53.4. The SMILES string of the molecule is CCCCCCCCCCCCCCCCCCCCCCCCCCCCCCCCC(O)CC(=O)NC(CO)C(O)CCCCCCCCCCCCCCCCCCCC. The van der Waals surface area contributed by atoms with Crippen molar-refractivity contribution in [2.24, 2.45) is 0 Å². The van der Waals surface area contributed by atoms with Gasteiger partial charge in [-0.1, -0.05) is 322 Å². The maximum absolute atomic E-state index is 12.5. The van der Waals surface area contributed by atoms with Gasteiger partial charge in [0.2, 0.25) is 5.91 Å². The van der Waals surface area contributed by atoms with Gasteiger partial charge in [0.1, 0.15) is 0 Å². The summed E-state index contributed by atoms with van der Waals surface area (Å²) in [7, 11) is 0. The van der Waals surface area contributed by atoms with E-state index in [1.54, 1.807) is 0 Å². The summed E-state index contributed by atoms with van der Waals surface area (Å²) in [4.78, 5) is 12.5. The number of aliphatic hydroxyl groups is 3. The average molecular weight is 893 g/mol. The van der Waals surface area contributed by atoms with Gasteiger partial charge >= 0.3 is 0 Å². The molecule has 5 heteroatoms. The topological polar surface area (TPSA) is 89.8 Å². The van der Waals surface area contributed by atoms with E-state index in [1.807, 2.05) is 0 Å². The van der Waals surface area contributed by atoms with Gasteiger partial charge in [0.25, 0.3) is 0 Å². The molecule has 0 heterocycles. The molecule has 0 saturated carbocycles. The highest BCUT2D eigenvalue weighted by Gasteiger charge is 2.21. The van der Waals surface area contributed by atoms with Gasteiger partial charge in [0.15, 0.2) is 0 Å². The third-order valence-corrected chi connectivity index (χ3v) is 14.2. The molecule has 378 valence electrons. The lowest BCUT2D eigenvalue weighted by Gasteiger charge is -2.23. The van der Waals surface area contributed by atoms with E-state index in [0.717, 1.165) is 25.7 Å². The molecule has 4 N–H and O–H groups in total. The van der Waals surface area contributed by atoms with E-state index in [-0.39, 0.29) is 18.9 Å². The molecule has 0 radical (unpaired) electrons. The maximum atomic E-state index is 12.5. The molecular formula is C58H117NO4. The summed E-state index contributed by atoms with van der Waals surface area (Å²) >= 11 is 0.